The van der Waals surface area contributed by atoms with Gasteiger partial charge in [-0.25, -0.2) is 8.42 Å². The molecule has 0 aromatic heterocycles. The fourth-order valence-corrected chi connectivity index (χ4v) is 2.58. The molecule has 0 atom stereocenters. The van der Waals surface area contributed by atoms with Crippen molar-refractivity contribution in [3.63, 3.8) is 0 Å². The van der Waals surface area contributed by atoms with Gasteiger partial charge in [-0.05, 0) is 37.1 Å². The Bertz CT molecular complexity index is 468. The summed E-state index contributed by atoms with van der Waals surface area (Å²) in [6.45, 7) is 3.54. The van der Waals surface area contributed by atoms with Gasteiger partial charge in [0.25, 0.3) is 0 Å². The van der Waals surface area contributed by atoms with E-state index in [0.717, 1.165) is 11.1 Å². The SMILES string of the molecule is Cc1cc(C)cc(S(=O)(=O)CC(=O)O)c1. The van der Waals surface area contributed by atoms with E-state index in [1.807, 2.05) is 6.07 Å². The van der Waals surface area contributed by atoms with Gasteiger partial charge in [-0.15, -0.1) is 0 Å². The normalized spacial score (nSPS) is 11.3. The Kier molecular flexibility index (Phi) is 3.14. The van der Waals surface area contributed by atoms with Crippen LogP contribution in [0.1, 0.15) is 11.1 Å². The highest BCUT2D eigenvalue weighted by molar-refractivity contribution is 7.92. The number of sulfone groups is 1. The molecule has 0 amide bonds. The molecule has 0 saturated heterocycles. The molecule has 15 heavy (non-hydrogen) atoms. The number of carboxylic acid groups (broad SMARTS) is 1. The molecule has 4 nitrogen and oxygen atoms in total. The van der Waals surface area contributed by atoms with Gasteiger partial charge in [-0.1, -0.05) is 6.07 Å². The molecule has 1 aromatic carbocycles. The number of rotatable bonds is 3. The van der Waals surface area contributed by atoms with E-state index >= 15 is 0 Å². The third kappa shape index (κ3) is 3.06. The van der Waals surface area contributed by atoms with Crippen LogP contribution in [-0.4, -0.2) is 25.2 Å². The summed E-state index contributed by atoms with van der Waals surface area (Å²) >= 11 is 0. The van der Waals surface area contributed by atoms with E-state index < -0.39 is 21.6 Å². The second kappa shape index (κ2) is 4.02. The first-order valence-electron chi connectivity index (χ1n) is 4.34. The fraction of sp³-hybridized carbons (Fsp3) is 0.300. The molecular weight excluding hydrogens is 216 g/mol. The zero-order chi connectivity index (χ0) is 11.6. The van der Waals surface area contributed by atoms with Gasteiger partial charge in [-0.2, -0.15) is 0 Å². The number of benzene rings is 1. The minimum atomic E-state index is -3.70. The molecular formula is C10H12O4S. The number of hydrogen-bond donors (Lipinski definition) is 1. The summed E-state index contributed by atoms with van der Waals surface area (Å²) in [5, 5.41) is 8.47. The van der Waals surface area contributed by atoms with Crippen LogP contribution in [0.25, 0.3) is 0 Å². The quantitative estimate of drug-likeness (QED) is 0.842. The number of carbonyl (C=O) groups is 1. The van der Waals surface area contributed by atoms with Crippen LogP contribution in [-0.2, 0) is 14.6 Å². The molecule has 0 aliphatic carbocycles. The Morgan fingerprint density at radius 3 is 2.07 bits per heavy atom. The first-order valence-corrected chi connectivity index (χ1v) is 5.99. The fourth-order valence-electron chi connectivity index (χ4n) is 1.36. The summed E-state index contributed by atoms with van der Waals surface area (Å²) < 4.78 is 23.1. The highest BCUT2D eigenvalue weighted by atomic mass is 32.2. The number of aliphatic carboxylic acids is 1. The molecule has 0 aliphatic heterocycles. The van der Waals surface area contributed by atoms with Gasteiger partial charge in [0.15, 0.2) is 15.6 Å². The minimum absolute atomic E-state index is 0.0717. The molecule has 0 unspecified atom stereocenters. The molecule has 0 saturated carbocycles. The number of aryl methyl sites for hydroxylation is 2. The average Bonchev–Trinajstić information content (AvgIpc) is 1.99. The topological polar surface area (TPSA) is 71.4 Å². The number of hydrogen-bond acceptors (Lipinski definition) is 3. The van der Waals surface area contributed by atoms with Crippen molar-refractivity contribution in [1.29, 1.82) is 0 Å². The van der Waals surface area contributed by atoms with E-state index in [1.54, 1.807) is 13.8 Å². The molecule has 82 valence electrons. The third-order valence-electron chi connectivity index (χ3n) is 1.87. The predicted molar refractivity (Wildman–Crippen MR) is 55.6 cm³/mol. The Hall–Kier alpha value is -1.36. The van der Waals surface area contributed by atoms with Crippen molar-refractivity contribution < 1.29 is 18.3 Å². The van der Waals surface area contributed by atoms with Crippen molar-refractivity contribution in [2.75, 3.05) is 5.75 Å². The Morgan fingerprint density at radius 1 is 1.20 bits per heavy atom. The Morgan fingerprint density at radius 2 is 1.67 bits per heavy atom. The largest absolute Gasteiger partial charge is 0.480 e. The van der Waals surface area contributed by atoms with Crippen molar-refractivity contribution in [2.45, 2.75) is 18.7 Å². The van der Waals surface area contributed by atoms with Crippen molar-refractivity contribution in [2.24, 2.45) is 0 Å². The Balaban J connectivity index is 3.21. The van der Waals surface area contributed by atoms with Crippen LogP contribution >= 0.6 is 0 Å². The van der Waals surface area contributed by atoms with Crippen molar-refractivity contribution in [1.82, 2.24) is 0 Å². The van der Waals surface area contributed by atoms with Gasteiger partial charge in [0.05, 0.1) is 4.90 Å². The highest BCUT2D eigenvalue weighted by Gasteiger charge is 2.18. The molecule has 0 bridgehead atoms. The molecule has 5 heteroatoms. The van der Waals surface area contributed by atoms with Crippen LogP contribution in [0.4, 0.5) is 0 Å². The van der Waals surface area contributed by atoms with Gasteiger partial charge in [-0.3, -0.25) is 4.79 Å². The van der Waals surface area contributed by atoms with Gasteiger partial charge >= 0.3 is 5.97 Å². The van der Waals surface area contributed by atoms with E-state index in [0.29, 0.717) is 0 Å². The summed E-state index contributed by atoms with van der Waals surface area (Å²) in [4.78, 5) is 10.5. The van der Waals surface area contributed by atoms with E-state index in [1.165, 1.54) is 12.1 Å². The summed E-state index contributed by atoms with van der Waals surface area (Å²) in [5.74, 6) is -2.20. The molecule has 0 aliphatic rings. The van der Waals surface area contributed by atoms with E-state index in [4.69, 9.17) is 5.11 Å². The number of carboxylic acids is 1. The summed E-state index contributed by atoms with van der Waals surface area (Å²) in [7, 11) is -3.70. The van der Waals surface area contributed by atoms with Gasteiger partial charge in [0.2, 0.25) is 0 Å². The molecule has 0 spiro atoms. The van der Waals surface area contributed by atoms with E-state index in [2.05, 4.69) is 0 Å². The molecule has 0 fully saturated rings. The lowest BCUT2D eigenvalue weighted by atomic mass is 10.2. The maximum absolute atomic E-state index is 11.6. The lowest BCUT2D eigenvalue weighted by Gasteiger charge is -2.04. The summed E-state index contributed by atoms with van der Waals surface area (Å²) in [6.07, 6.45) is 0. The Labute approximate surface area is 88.5 Å². The van der Waals surface area contributed by atoms with Crippen LogP contribution in [0.3, 0.4) is 0 Å². The molecule has 0 heterocycles. The van der Waals surface area contributed by atoms with Gasteiger partial charge in [0.1, 0.15) is 0 Å². The molecule has 1 aromatic rings. The summed E-state index contributed by atoms with van der Waals surface area (Å²) in [5.41, 5.74) is 1.61. The predicted octanol–water partition coefficient (Wildman–Crippen LogP) is 1.16. The molecule has 0 radical (unpaired) electrons. The smallest absolute Gasteiger partial charge is 0.319 e. The highest BCUT2D eigenvalue weighted by Crippen LogP contribution is 2.15. The van der Waals surface area contributed by atoms with Crippen LogP contribution in [0, 0.1) is 13.8 Å². The van der Waals surface area contributed by atoms with Crippen LogP contribution in [0.15, 0.2) is 23.1 Å². The second-order valence-corrected chi connectivity index (χ2v) is 5.47. The van der Waals surface area contributed by atoms with Crippen LogP contribution < -0.4 is 0 Å². The zero-order valence-electron chi connectivity index (χ0n) is 8.52. The second-order valence-electron chi connectivity index (χ2n) is 3.48. The van der Waals surface area contributed by atoms with Crippen LogP contribution in [0.2, 0.25) is 0 Å². The van der Waals surface area contributed by atoms with E-state index in [-0.39, 0.29) is 4.90 Å². The maximum atomic E-state index is 11.6. The standard InChI is InChI=1S/C10H12O4S/c1-7-3-8(2)5-9(4-7)15(13,14)6-10(11)12/h3-5H,6H2,1-2H3,(H,11,12). The van der Waals surface area contributed by atoms with Crippen LogP contribution in [0.5, 0.6) is 0 Å². The average molecular weight is 228 g/mol. The first-order chi connectivity index (χ1) is 6.81. The monoisotopic (exact) mass is 228 g/mol. The van der Waals surface area contributed by atoms with E-state index in [9.17, 15) is 13.2 Å². The summed E-state index contributed by atoms with van der Waals surface area (Å²) in [6, 6.07) is 4.79. The maximum Gasteiger partial charge on any atom is 0.319 e. The molecule has 1 N–H and O–H groups in total. The van der Waals surface area contributed by atoms with Gasteiger partial charge in [0, 0.05) is 0 Å². The molecule has 1 rings (SSSR count). The van der Waals surface area contributed by atoms with Crippen molar-refractivity contribution in [3.05, 3.63) is 29.3 Å². The third-order valence-corrected chi connectivity index (χ3v) is 3.45. The van der Waals surface area contributed by atoms with Crippen molar-refractivity contribution >= 4 is 15.8 Å². The van der Waals surface area contributed by atoms with Crippen molar-refractivity contribution in [3.8, 4) is 0 Å². The first kappa shape index (κ1) is 11.7. The minimum Gasteiger partial charge on any atom is -0.480 e. The lowest BCUT2D eigenvalue weighted by Crippen LogP contribution is -2.15. The zero-order valence-corrected chi connectivity index (χ0v) is 9.34. The van der Waals surface area contributed by atoms with Gasteiger partial charge < -0.3 is 5.11 Å². The lowest BCUT2D eigenvalue weighted by molar-refractivity contribution is -0.134.